The van der Waals surface area contributed by atoms with Gasteiger partial charge in [0.15, 0.2) is 11.5 Å². The predicted molar refractivity (Wildman–Crippen MR) is 141 cm³/mol. The Morgan fingerprint density at radius 2 is 1.83 bits per heavy atom. The maximum atomic E-state index is 12.0. The van der Waals surface area contributed by atoms with Crippen molar-refractivity contribution in [1.29, 1.82) is 0 Å². The number of sulfonamides is 1. The fraction of sp³-hybridized carbons (Fsp3) is 0.481. The van der Waals surface area contributed by atoms with E-state index in [1.807, 2.05) is 35.3 Å². The molecule has 36 heavy (non-hydrogen) atoms. The summed E-state index contributed by atoms with van der Waals surface area (Å²) in [5.74, 6) is 1.59. The van der Waals surface area contributed by atoms with Crippen molar-refractivity contribution in [3.63, 3.8) is 0 Å². The highest BCUT2D eigenvalue weighted by atomic mass is 32.2. The minimum atomic E-state index is -3.34. The van der Waals surface area contributed by atoms with E-state index in [4.69, 9.17) is 14.6 Å². The molecule has 0 radical (unpaired) electrons. The minimum Gasteiger partial charge on any atom is -0.493 e. The second-order valence-corrected chi connectivity index (χ2v) is 11.3. The number of hydrogen-bond acceptors (Lipinski definition) is 7. The molecule has 8 nitrogen and oxygen atoms in total. The Morgan fingerprint density at radius 1 is 1.11 bits per heavy atom. The van der Waals surface area contributed by atoms with Gasteiger partial charge in [0.05, 0.1) is 31.7 Å². The third kappa shape index (κ3) is 6.37. The lowest BCUT2D eigenvalue weighted by atomic mass is 9.87. The van der Waals surface area contributed by atoms with Gasteiger partial charge in [-0.3, -0.25) is 9.73 Å². The zero-order valence-electron chi connectivity index (χ0n) is 21.1. The lowest BCUT2D eigenvalue weighted by Crippen LogP contribution is -2.41. The fourth-order valence-electron chi connectivity index (χ4n) is 4.94. The zero-order valence-corrected chi connectivity index (χ0v) is 22.0. The number of hydrazone groups is 1. The summed E-state index contributed by atoms with van der Waals surface area (Å²) in [5, 5.41) is 6.80. The van der Waals surface area contributed by atoms with Crippen LogP contribution in [-0.2, 0) is 21.4 Å². The van der Waals surface area contributed by atoms with Crippen LogP contribution in [0.4, 0.5) is 5.69 Å². The fourth-order valence-corrected chi connectivity index (χ4v) is 5.51. The van der Waals surface area contributed by atoms with Crippen molar-refractivity contribution < 1.29 is 22.7 Å². The van der Waals surface area contributed by atoms with Gasteiger partial charge in [-0.25, -0.2) is 8.42 Å². The van der Waals surface area contributed by atoms with Crippen LogP contribution in [0.5, 0.6) is 11.5 Å². The van der Waals surface area contributed by atoms with Crippen molar-refractivity contribution >= 4 is 27.7 Å². The molecule has 2 aliphatic rings. The molecule has 1 N–H and O–H groups in total. The molecule has 0 spiro atoms. The molecule has 2 aromatic carbocycles. The molecular formula is C27H35N3O5S. The van der Waals surface area contributed by atoms with Gasteiger partial charge in [0.25, 0.3) is 0 Å². The zero-order chi connectivity index (χ0) is 25.7. The lowest BCUT2D eigenvalue weighted by Gasteiger charge is -2.35. The van der Waals surface area contributed by atoms with E-state index in [1.54, 1.807) is 19.2 Å². The molecule has 2 atom stereocenters. The van der Waals surface area contributed by atoms with Crippen LogP contribution in [0.3, 0.4) is 0 Å². The number of rotatable bonds is 10. The molecule has 1 aliphatic carbocycles. The number of ether oxygens (including phenoxy) is 2. The van der Waals surface area contributed by atoms with Crippen LogP contribution in [0.2, 0.25) is 0 Å². The van der Waals surface area contributed by atoms with E-state index in [2.05, 4.69) is 11.6 Å². The molecule has 1 heterocycles. The summed E-state index contributed by atoms with van der Waals surface area (Å²) in [4.78, 5) is 12.0. The number of carbonyl (C=O) groups is 1. The molecule has 0 aromatic heterocycles. The van der Waals surface area contributed by atoms with Crippen molar-refractivity contribution in [2.75, 3.05) is 18.1 Å². The topological polar surface area (TPSA) is 97.3 Å². The first-order valence-electron chi connectivity index (χ1n) is 12.5. The van der Waals surface area contributed by atoms with Gasteiger partial charge in [-0.05, 0) is 74.4 Å². The SMILES string of the molecule is CCC1CC(C=O)N(Cc2ccc(NS(C)(=O)=O)cc2)N=C1c1ccc(OC)c(OC2CCCC2)c1. The molecule has 0 saturated heterocycles. The quantitative estimate of drug-likeness (QED) is 0.467. The Labute approximate surface area is 213 Å². The number of nitrogens with zero attached hydrogens (tertiary/aromatic N) is 2. The highest BCUT2D eigenvalue weighted by Crippen LogP contribution is 2.35. The molecule has 0 amide bonds. The molecule has 1 fully saturated rings. The van der Waals surface area contributed by atoms with Gasteiger partial charge in [0.1, 0.15) is 12.3 Å². The molecule has 0 bridgehead atoms. The van der Waals surface area contributed by atoms with Crippen molar-refractivity contribution in [2.45, 2.75) is 64.1 Å². The highest BCUT2D eigenvalue weighted by molar-refractivity contribution is 7.92. The van der Waals surface area contributed by atoms with Gasteiger partial charge in [0, 0.05) is 17.2 Å². The van der Waals surface area contributed by atoms with Crippen molar-refractivity contribution in [2.24, 2.45) is 11.0 Å². The average molecular weight is 514 g/mol. The van der Waals surface area contributed by atoms with Gasteiger partial charge in [-0.2, -0.15) is 5.10 Å². The summed E-state index contributed by atoms with van der Waals surface area (Å²) in [6.45, 7) is 2.55. The molecule has 1 aliphatic heterocycles. The van der Waals surface area contributed by atoms with Crippen LogP contribution in [0, 0.1) is 5.92 Å². The number of benzene rings is 2. The van der Waals surface area contributed by atoms with Gasteiger partial charge in [-0.15, -0.1) is 0 Å². The normalized spacial score (nSPS) is 20.6. The van der Waals surface area contributed by atoms with Crippen LogP contribution in [0.15, 0.2) is 47.6 Å². The lowest BCUT2D eigenvalue weighted by molar-refractivity contribution is -0.113. The Hall–Kier alpha value is -3.07. The summed E-state index contributed by atoms with van der Waals surface area (Å²) in [7, 11) is -1.69. The van der Waals surface area contributed by atoms with E-state index in [-0.39, 0.29) is 18.1 Å². The van der Waals surface area contributed by atoms with E-state index < -0.39 is 10.0 Å². The molecule has 194 valence electrons. The molecule has 4 rings (SSSR count). The van der Waals surface area contributed by atoms with Crippen LogP contribution in [0.1, 0.15) is 56.6 Å². The van der Waals surface area contributed by atoms with Crippen LogP contribution < -0.4 is 14.2 Å². The van der Waals surface area contributed by atoms with Gasteiger partial charge in [0.2, 0.25) is 10.0 Å². The highest BCUT2D eigenvalue weighted by Gasteiger charge is 2.31. The van der Waals surface area contributed by atoms with Crippen LogP contribution >= 0.6 is 0 Å². The second kappa shape index (κ2) is 11.3. The smallest absolute Gasteiger partial charge is 0.229 e. The largest absolute Gasteiger partial charge is 0.493 e. The van der Waals surface area contributed by atoms with E-state index >= 15 is 0 Å². The van der Waals surface area contributed by atoms with Crippen LogP contribution in [0.25, 0.3) is 0 Å². The Morgan fingerprint density at radius 3 is 2.44 bits per heavy atom. The maximum absolute atomic E-state index is 12.0. The number of nitrogens with one attached hydrogen (secondary N) is 1. The molecule has 2 unspecified atom stereocenters. The first-order chi connectivity index (χ1) is 17.3. The summed E-state index contributed by atoms with van der Waals surface area (Å²) >= 11 is 0. The monoisotopic (exact) mass is 513 g/mol. The Balaban J connectivity index is 1.61. The van der Waals surface area contributed by atoms with E-state index in [0.29, 0.717) is 24.4 Å². The second-order valence-electron chi connectivity index (χ2n) is 9.59. The third-order valence-corrected chi connectivity index (χ3v) is 7.45. The van der Waals surface area contributed by atoms with E-state index in [0.717, 1.165) is 54.4 Å². The van der Waals surface area contributed by atoms with Gasteiger partial charge in [-0.1, -0.05) is 19.1 Å². The Bertz CT molecular complexity index is 1190. The summed E-state index contributed by atoms with van der Waals surface area (Å²) in [6, 6.07) is 12.7. The van der Waals surface area contributed by atoms with Crippen molar-refractivity contribution in [3.8, 4) is 11.5 Å². The standard InChI is InChI=1S/C27H35N3O5S/c1-4-20-15-23(18-31)30(17-19-9-12-22(13-10-19)29-36(3,32)33)28-27(20)21-11-14-25(34-2)26(16-21)35-24-7-5-6-8-24/h9-14,16,18,20,23-24,29H,4-8,15,17H2,1-3H3. The van der Waals surface area contributed by atoms with E-state index in [1.165, 1.54) is 12.8 Å². The predicted octanol–water partition coefficient (Wildman–Crippen LogP) is 4.59. The molecule has 1 saturated carbocycles. The number of aldehydes is 1. The Kier molecular flexibility index (Phi) is 8.18. The number of anilines is 1. The summed E-state index contributed by atoms with van der Waals surface area (Å²) in [6.07, 6.45) is 8.32. The van der Waals surface area contributed by atoms with Crippen LogP contribution in [-0.4, -0.2) is 50.9 Å². The molecule has 9 heteroatoms. The summed E-state index contributed by atoms with van der Waals surface area (Å²) < 4.78 is 37.3. The van der Waals surface area contributed by atoms with Gasteiger partial charge >= 0.3 is 0 Å². The first kappa shape index (κ1) is 26.0. The van der Waals surface area contributed by atoms with Crippen molar-refractivity contribution in [3.05, 3.63) is 53.6 Å². The van der Waals surface area contributed by atoms with Crippen molar-refractivity contribution in [1.82, 2.24) is 5.01 Å². The number of methoxy groups -OCH3 is 1. The molecular weight excluding hydrogens is 478 g/mol. The third-order valence-electron chi connectivity index (χ3n) is 6.84. The van der Waals surface area contributed by atoms with Gasteiger partial charge < -0.3 is 14.3 Å². The number of carbonyl (C=O) groups excluding carboxylic acids is 1. The first-order valence-corrected chi connectivity index (χ1v) is 14.4. The maximum Gasteiger partial charge on any atom is 0.229 e. The minimum absolute atomic E-state index is 0.144. The molecule has 2 aromatic rings. The summed E-state index contributed by atoms with van der Waals surface area (Å²) in [5.41, 5.74) is 3.33. The number of hydrogen-bond donors (Lipinski definition) is 1. The van der Waals surface area contributed by atoms with E-state index in [9.17, 15) is 13.2 Å². The average Bonchev–Trinajstić information content (AvgIpc) is 3.37.